The third-order valence-corrected chi connectivity index (χ3v) is 1.73. The minimum atomic E-state index is -0.816. The summed E-state index contributed by atoms with van der Waals surface area (Å²) in [6.45, 7) is 3.50. The van der Waals surface area contributed by atoms with E-state index in [1.165, 1.54) is 0 Å². The second-order valence-corrected chi connectivity index (χ2v) is 2.51. The molecule has 3 heteroatoms. The first-order valence-corrected chi connectivity index (χ1v) is 3.47. The average Bonchev–Trinajstić information content (AvgIpc) is 1.88. The maximum atomic E-state index is 10.4. The lowest BCUT2D eigenvalue weighted by atomic mass is 9.93. The van der Waals surface area contributed by atoms with E-state index in [0.717, 1.165) is 0 Å². The molecule has 0 amide bonds. The van der Waals surface area contributed by atoms with Crippen molar-refractivity contribution in [3.63, 3.8) is 0 Å². The second kappa shape index (κ2) is 4.28. The predicted molar refractivity (Wildman–Crippen MR) is 37.7 cm³/mol. The van der Waals surface area contributed by atoms with Gasteiger partial charge >= 0.3 is 5.97 Å². The molecular formula is C7H14O3. The molecule has 0 rings (SSSR count). The Bertz CT molecular complexity index is 111. The normalized spacial score (nSPS) is 16.3. The van der Waals surface area contributed by atoms with E-state index in [1.807, 2.05) is 6.92 Å². The van der Waals surface area contributed by atoms with Crippen molar-refractivity contribution in [2.24, 2.45) is 11.8 Å². The van der Waals surface area contributed by atoms with E-state index < -0.39 is 11.9 Å². The van der Waals surface area contributed by atoms with Crippen molar-refractivity contribution >= 4 is 5.97 Å². The summed E-state index contributed by atoms with van der Waals surface area (Å²) in [5, 5.41) is 17.2. The molecule has 0 aromatic rings. The van der Waals surface area contributed by atoms with Gasteiger partial charge in [0.25, 0.3) is 0 Å². The van der Waals surface area contributed by atoms with Gasteiger partial charge in [-0.25, -0.2) is 0 Å². The Kier molecular flexibility index (Phi) is 4.03. The smallest absolute Gasteiger partial charge is 0.306 e. The van der Waals surface area contributed by atoms with E-state index in [9.17, 15) is 4.79 Å². The molecule has 2 atom stereocenters. The highest BCUT2D eigenvalue weighted by Gasteiger charge is 2.21. The van der Waals surface area contributed by atoms with E-state index in [-0.39, 0.29) is 12.5 Å². The Morgan fingerprint density at radius 3 is 2.20 bits per heavy atom. The topological polar surface area (TPSA) is 57.5 Å². The highest BCUT2D eigenvalue weighted by atomic mass is 16.4. The fraction of sp³-hybridized carbons (Fsp3) is 0.857. The molecule has 0 aliphatic carbocycles. The van der Waals surface area contributed by atoms with Crippen LogP contribution in [0, 0.1) is 11.8 Å². The van der Waals surface area contributed by atoms with E-state index in [2.05, 4.69) is 0 Å². The SMILES string of the molecule is CC[C@H](C(=O)O)C(C)CO. The monoisotopic (exact) mass is 146 g/mol. The van der Waals surface area contributed by atoms with Gasteiger partial charge in [0.15, 0.2) is 0 Å². The molecule has 0 spiro atoms. The van der Waals surface area contributed by atoms with Gasteiger partial charge in [0.05, 0.1) is 5.92 Å². The Morgan fingerprint density at radius 1 is 1.60 bits per heavy atom. The zero-order chi connectivity index (χ0) is 8.15. The molecule has 1 unspecified atom stereocenters. The molecule has 0 aliphatic rings. The number of rotatable bonds is 4. The molecule has 60 valence electrons. The highest BCUT2D eigenvalue weighted by molar-refractivity contribution is 5.70. The Hall–Kier alpha value is -0.570. The molecule has 0 fully saturated rings. The third-order valence-electron chi connectivity index (χ3n) is 1.73. The fourth-order valence-corrected chi connectivity index (χ4v) is 0.948. The maximum Gasteiger partial charge on any atom is 0.306 e. The summed E-state index contributed by atoms with van der Waals surface area (Å²) in [5.74, 6) is -1.35. The minimum Gasteiger partial charge on any atom is -0.481 e. The summed E-state index contributed by atoms with van der Waals surface area (Å²) in [6, 6.07) is 0. The van der Waals surface area contributed by atoms with Crippen LogP contribution in [0.4, 0.5) is 0 Å². The summed E-state index contributed by atoms with van der Waals surface area (Å²) in [6.07, 6.45) is 0.580. The van der Waals surface area contributed by atoms with E-state index in [0.29, 0.717) is 6.42 Å². The molecule has 0 bridgehead atoms. The van der Waals surface area contributed by atoms with Gasteiger partial charge in [0.1, 0.15) is 0 Å². The Labute approximate surface area is 60.7 Å². The molecule has 0 saturated carbocycles. The van der Waals surface area contributed by atoms with Crippen LogP contribution in [-0.4, -0.2) is 22.8 Å². The minimum absolute atomic E-state index is 0.0508. The van der Waals surface area contributed by atoms with Gasteiger partial charge in [-0.3, -0.25) is 4.79 Å². The lowest BCUT2D eigenvalue weighted by Gasteiger charge is -2.14. The van der Waals surface area contributed by atoms with E-state index >= 15 is 0 Å². The van der Waals surface area contributed by atoms with Gasteiger partial charge in [0, 0.05) is 6.61 Å². The van der Waals surface area contributed by atoms with Crippen molar-refractivity contribution in [1.82, 2.24) is 0 Å². The molecule has 2 N–H and O–H groups in total. The largest absolute Gasteiger partial charge is 0.481 e. The number of hydrogen-bond donors (Lipinski definition) is 2. The number of aliphatic hydroxyl groups is 1. The first kappa shape index (κ1) is 9.43. The molecule has 0 aromatic heterocycles. The summed E-state index contributed by atoms with van der Waals surface area (Å²) < 4.78 is 0. The van der Waals surface area contributed by atoms with Crippen LogP contribution in [0.3, 0.4) is 0 Å². The van der Waals surface area contributed by atoms with E-state index in [1.54, 1.807) is 6.92 Å². The van der Waals surface area contributed by atoms with Crippen molar-refractivity contribution in [3.05, 3.63) is 0 Å². The van der Waals surface area contributed by atoms with Crippen molar-refractivity contribution in [2.45, 2.75) is 20.3 Å². The average molecular weight is 146 g/mol. The van der Waals surface area contributed by atoms with Crippen molar-refractivity contribution < 1.29 is 15.0 Å². The summed E-state index contributed by atoms with van der Waals surface area (Å²) in [5.41, 5.74) is 0. The number of aliphatic hydroxyl groups excluding tert-OH is 1. The molecule has 0 aromatic carbocycles. The quantitative estimate of drug-likeness (QED) is 0.614. The molecule has 10 heavy (non-hydrogen) atoms. The lowest BCUT2D eigenvalue weighted by Crippen LogP contribution is -2.23. The van der Waals surface area contributed by atoms with Crippen LogP contribution in [0.5, 0.6) is 0 Å². The van der Waals surface area contributed by atoms with Gasteiger partial charge in [-0.15, -0.1) is 0 Å². The molecule has 0 saturated heterocycles. The molecule has 0 heterocycles. The third kappa shape index (κ3) is 2.35. The predicted octanol–water partition coefficient (Wildman–Crippen LogP) is 0.726. The van der Waals surface area contributed by atoms with Crippen LogP contribution >= 0.6 is 0 Å². The van der Waals surface area contributed by atoms with Crippen LogP contribution in [0.25, 0.3) is 0 Å². The zero-order valence-corrected chi connectivity index (χ0v) is 6.37. The molecule has 3 nitrogen and oxygen atoms in total. The first-order valence-electron chi connectivity index (χ1n) is 3.47. The zero-order valence-electron chi connectivity index (χ0n) is 6.37. The second-order valence-electron chi connectivity index (χ2n) is 2.51. The van der Waals surface area contributed by atoms with Crippen LogP contribution in [0.1, 0.15) is 20.3 Å². The van der Waals surface area contributed by atoms with Gasteiger partial charge in [0.2, 0.25) is 0 Å². The Morgan fingerprint density at radius 2 is 2.10 bits per heavy atom. The number of aliphatic carboxylic acids is 1. The molecule has 0 radical (unpaired) electrons. The van der Waals surface area contributed by atoms with Crippen molar-refractivity contribution in [2.75, 3.05) is 6.61 Å². The van der Waals surface area contributed by atoms with E-state index in [4.69, 9.17) is 10.2 Å². The van der Waals surface area contributed by atoms with Crippen molar-refractivity contribution in [3.8, 4) is 0 Å². The van der Waals surface area contributed by atoms with Crippen molar-refractivity contribution in [1.29, 1.82) is 0 Å². The standard InChI is InChI=1S/C7H14O3/c1-3-6(7(9)10)5(2)4-8/h5-6,8H,3-4H2,1-2H3,(H,9,10)/t5?,6-/m0/s1. The number of carboxylic acids is 1. The first-order chi connectivity index (χ1) is 4.63. The summed E-state index contributed by atoms with van der Waals surface area (Å²) in [4.78, 5) is 10.4. The van der Waals surface area contributed by atoms with Crippen LogP contribution < -0.4 is 0 Å². The molecular weight excluding hydrogens is 132 g/mol. The number of hydrogen-bond acceptors (Lipinski definition) is 2. The number of carbonyl (C=O) groups is 1. The maximum absolute atomic E-state index is 10.4. The van der Waals surface area contributed by atoms with Gasteiger partial charge < -0.3 is 10.2 Å². The Balaban J connectivity index is 3.92. The van der Waals surface area contributed by atoms with Crippen LogP contribution in [0.2, 0.25) is 0 Å². The molecule has 0 aliphatic heterocycles. The van der Waals surface area contributed by atoms with Gasteiger partial charge in [-0.1, -0.05) is 13.8 Å². The van der Waals surface area contributed by atoms with Crippen LogP contribution in [-0.2, 0) is 4.79 Å². The summed E-state index contributed by atoms with van der Waals surface area (Å²) >= 11 is 0. The lowest BCUT2D eigenvalue weighted by molar-refractivity contribution is -0.144. The van der Waals surface area contributed by atoms with Gasteiger partial charge in [-0.2, -0.15) is 0 Å². The highest BCUT2D eigenvalue weighted by Crippen LogP contribution is 2.14. The summed E-state index contributed by atoms with van der Waals surface area (Å²) in [7, 11) is 0. The number of carboxylic acid groups (broad SMARTS) is 1. The van der Waals surface area contributed by atoms with Crippen LogP contribution in [0.15, 0.2) is 0 Å². The van der Waals surface area contributed by atoms with Gasteiger partial charge in [-0.05, 0) is 12.3 Å². The fourth-order valence-electron chi connectivity index (χ4n) is 0.948.